The van der Waals surface area contributed by atoms with Crippen LogP contribution in [0.3, 0.4) is 0 Å². The van der Waals surface area contributed by atoms with Crippen molar-refractivity contribution in [1.82, 2.24) is 5.32 Å². The number of hydrogen-bond donors (Lipinski definition) is 2. The Morgan fingerprint density at radius 2 is 1.78 bits per heavy atom. The Kier molecular flexibility index (Phi) is 7.83. The predicted octanol–water partition coefficient (Wildman–Crippen LogP) is 3.41. The van der Waals surface area contributed by atoms with Crippen molar-refractivity contribution in [2.24, 2.45) is 5.92 Å². The van der Waals surface area contributed by atoms with E-state index in [0.717, 1.165) is 25.9 Å². The van der Waals surface area contributed by atoms with Gasteiger partial charge in [-0.2, -0.15) is 0 Å². The molecule has 1 unspecified atom stereocenters. The Labute approximate surface area is 166 Å². The zero-order chi connectivity index (χ0) is 18.4. The highest BCUT2D eigenvalue weighted by Gasteiger charge is 2.19. The van der Waals surface area contributed by atoms with Gasteiger partial charge in [-0.1, -0.05) is 36.4 Å². The van der Waals surface area contributed by atoms with Crippen molar-refractivity contribution in [3.63, 3.8) is 0 Å². The molecule has 1 aliphatic rings. The molecule has 0 aliphatic carbocycles. The SMILES string of the molecule is Cl.O=C(CCC1CCNC1)Nc1ccccc1CS(=O)(=O)c1ccccc1. The number of amides is 1. The number of halogens is 1. The van der Waals surface area contributed by atoms with Crippen LogP contribution in [0, 0.1) is 5.92 Å². The van der Waals surface area contributed by atoms with E-state index in [-0.39, 0.29) is 29.0 Å². The number of nitrogens with one attached hydrogen (secondary N) is 2. The average molecular weight is 409 g/mol. The third-order valence-electron chi connectivity index (χ3n) is 4.68. The summed E-state index contributed by atoms with van der Waals surface area (Å²) in [7, 11) is -3.46. The van der Waals surface area contributed by atoms with Crippen molar-refractivity contribution in [3.8, 4) is 0 Å². The Morgan fingerprint density at radius 1 is 1.07 bits per heavy atom. The lowest BCUT2D eigenvalue weighted by Gasteiger charge is -2.13. The van der Waals surface area contributed by atoms with Crippen LogP contribution in [0.4, 0.5) is 5.69 Å². The summed E-state index contributed by atoms with van der Waals surface area (Å²) in [5.41, 5.74) is 1.17. The zero-order valence-electron chi connectivity index (χ0n) is 15.1. The molecule has 146 valence electrons. The lowest BCUT2D eigenvalue weighted by atomic mass is 10.0. The minimum absolute atomic E-state index is 0. The molecule has 1 fully saturated rings. The van der Waals surface area contributed by atoms with E-state index in [4.69, 9.17) is 0 Å². The molecule has 1 saturated heterocycles. The minimum Gasteiger partial charge on any atom is -0.326 e. The highest BCUT2D eigenvalue weighted by atomic mass is 35.5. The summed E-state index contributed by atoms with van der Waals surface area (Å²) in [4.78, 5) is 12.6. The first kappa shape index (κ1) is 21.4. The fraction of sp³-hybridized carbons (Fsp3) is 0.350. The monoisotopic (exact) mass is 408 g/mol. The van der Waals surface area contributed by atoms with Crippen molar-refractivity contribution in [2.75, 3.05) is 18.4 Å². The maximum absolute atomic E-state index is 12.6. The Morgan fingerprint density at radius 3 is 2.48 bits per heavy atom. The third kappa shape index (κ3) is 6.06. The van der Waals surface area contributed by atoms with Gasteiger partial charge >= 0.3 is 0 Å². The third-order valence-corrected chi connectivity index (χ3v) is 6.36. The first-order valence-corrected chi connectivity index (χ1v) is 10.6. The predicted molar refractivity (Wildman–Crippen MR) is 110 cm³/mol. The van der Waals surface area contributed by atoms with Gasteiger partial charge in [0, 0.05) is 12.1 Å². The maximum atomic E-state index is 12.6. The molecule has 0 saturated carbocycles. The van der Waals surface area contributed by atoms with Gasteiger partial charge in [0.15, 0.2) is 9.84 Å². The summed E-state index contributed by atoms with van der Waals surface area (Å²) in [6, 6.07) is 15.5. The number of carbonyl (C=O) groups excluding carboxylic acids is 1. The van der Waals surface area contributed by atoms with Crippen LogP contribution in [0.5, 0.6) is 0 Å². The van der Waals surface area contributed by atoms with Gasteiger partial charge in [-0.25, -0.2) is 8.42 Å². The first-order chi connectivity index (χ1) is 12.5. The molecule has 1 heterocycles. The number of carbonyl (C=O) groups is 1. The second-order valence-electron chi connectivity index (χ2n) is 6.67. The van der Waals surface area contributed by atoms with Crippen molar-refractivity contribution < 1.29 is 13.2 Å². The molecule has 5 nitrogen and oxygen atoms in total. The number of para-hydroxylation sites is 1. The summed E-state index contributed by atoms with van der Waals surface area (Å²) < 4.78 is 25.2. The molecule has 1 atom stereocenters. The molecule has 0 spiro atoms. The molecule has 2 aromatic carbocycles. The van der Waals surface area contributed by atoms with Gasteiger partial charge < -0.3 is 10.6 Å². The van der Waals surface area contributed by atoms with Crippen LogP contribution in [0.1, 0.15) is 24.8 Å². The highest BCUT2D eigenvalue weighted by molar-refractivity contribution is 7.90. The smallest absolute Gasteiger partial charge is 0.224 e. The van der Waals surface area contributed by atoms with E-state index in [1.165, 1.54) is 0 Å². The van der Waals surface area contributed by atoms with Crippen LogP contribution in [0.25, 0.3) is 0 Å². The van der Waals surface area contributed by atoms with Crippen LogP contribution >= 0.6 is 12.4 Å². The van der Waals surface area contributed by atoms with Crippen LogP contribution in [0.2, 0.25) is 0 Å². The number of hydrogen-bond acceptors (Lipinski definition) is 4. The van der Waals surface area contributed by atoms with Crippen molar-refractivity contribution in [1.29, 1.82) is 0 Å². The molecule has 27 heavy (non-hydrogen) atoms. The van der Waals surface area contributed by atoms with E-state index >= 15 is 0 Å². The Bertz CT molecular complexity index is 851. The van der Waals surface area contributed by atoms with Gasteiger partial charge in [-0.3, -0.25) is 4.79 Å². The summed E-state index contributed by atoms with van der Waals surface area (Å²) in [6.45, 7) is 1.99. The van der Waals surface area contributed by atoms with Crippen LogP contribution in [0.15, 0.2) is 59.5 Å². The van der Waals surface area contributed by atoms with Gasteiger partial charge in [0.2, 0.25) is 5.91 Å². The zero-order valence-corrected chi connectivity index (χ0v) is 16.7. The molecular weight excluding hydrogens is 384 g/mol. The topological polar surface area (TPSA) is 75.3 Å². The van der Waals surface area contributed by atoms with Gasteiger partial charge in [-0.05, 0) is 55.6 Å². The molecule has 7 heteroatoms. The standard InChI is InChI=1S/C20H24N2O3S.ClH/c23-20(11-10-16-12-13-21-14-16)22-19-9-5-4-6-17(19)15-26(24,25)18-7-2-1-3-8-18;/h1-9,16,21H,10-15H2,(H,22,23);1H. The Balaban J connectivity index is 0.00000261. The van der Waals surface area contributed by atoms with E-state index < -0.39 is 9.84 Å². The van der Waals surface area contributed by atoms with Crippen LogP contribution in [-0.4, -0.2) is 27.4 Å². The molecule has 1 amide bonds. The summed E-state index contributed by atoms with van der Waals surface area (Å²) in [5.74, 6) is 0.343. The van der Waals surface area contributed by atoms with Crippen molar-refractivity contribution in [3.05, 3.63) is 60.2 Å². The van der Waals surface area contributed by atoms with Gasteiger partial charge in [-0.15, -0.1) is 12.4 Å². The summed E-state index contributed by atoms with van der Waals surface area (Å²) in [5, 5.41) is 6.18. The molecular formula is C20H25ClN2O3S. The molecule has 0 radical (unpaired) electrons. The van der Waals surface area contributed by atoms with E-state index in [1.54, 1.807) is 54.6 Å². The normalized spacial score (nSPS) is 16.5. The van der Waals surface area contributed by atoms with E-state index in [1.807, 2.05) is 0 Å². The average Bonchev–Trinajstić information content (AvgIpc) is 3.16. The lowest BCUT2D eigenvalue weighted by molar-refractivity contribution is -0.116. The van der Waals surface area contributed by atoms with Crippen LogP contribution in [-0.2, 0) is 20.4 Å². The van der Waals surface area contributed by atoms with Gasteiger partial charge in [0.1, 0.15) is 0 Å². The molecule has 0 bridgehead atoms. The maximum Gasteiger partial charge on any atom is 0.224 e. The highest BCUT2D eigenvalue weighted by Crippen LogP contribution is 2.23. The quantitative estimate of drug-likeness (QED) is 0.736. The second kappa shape index (κ2) is 9.88. The molecule has 3 rings (SSSR count). The number of benzene rings is 2. The first-order valence-electron chi connectivity index (χ1n) is 8.91. The van der Waals surface area contributed by atoms with Crippen LogP contribution < -0.4 is 10.6 Å². The lowest BCUT2D eigenvalue weighted by Crippen LogP contribution is -2.16. The second-order valence-corrected chi connectivity index (χ2v) is 8.66. The number of sulfone groups is 1. The van der Waals surface area contributed by atoms with Gasteiger partial charge in [0.05, 0.1) is 10.6 Å². The summed E-state index contributed by atoms with van der Waals surface area (Å²) in [6.07, 6.45) is 2.41. The van der Waals surface area contributed by atoms with Crippen molar-refractivity contribution >= 4 is 33.8 Å². The van der Waals surface area contributed by atoms with Gasteiger partial charge in [0.25, 0.3) is 0 Å². The fourth-order valence-corrected chi connectivity index (χ4v) is 4.59. The largest absolute Gasteiger partial charge is 0.326 e. The molecule has 2 aromatic rings. The Hall–Kier alpha value is -1.89. The molecule has 0 aromatic heterocycles. The number of rotatable bonds is 7. The van der Waals surface area contributed by atoms with E-state index in [2.05, 4.69) is 10.6 Å². The number of anilines is 1. The molecule has 2 N–H and O–H groups in total. The van der Waals surface area contributed by atoms with E-state index in [0.29, 0.717) is 23.6 Å². The minimum atomic E-state index is -3.46. The van der Waals surface area contributed by atoms with Crippen molar-refractivity contribution in [2.45, 2.75) is 29.9 Å². The fourth-order valence-electron chi connectivity index (χ4n) is 3.19. The summed E-state index contributed by atoms with van der Waals surface area (Å²) >= 11 is 0. The van der Waals surface area contributed by atoms with E-state index in [9.17, 15) is 13.2 Å². The molecule has 1 aliphatic heterocycles.